The molecule has 2 aromatic rings. The maximum atomic E-state index is 12.4. The normalized spacial score (nSPS) is 14.9. The third-order valence-corrected chi connectivity index (χ3v) is 5.16. The van der Waals surface area contributed by atoms with Crippen LogP contribution in [0.2, 0.25) is 0 Å². The van der Waals surface area contributed by atoms with E-state index in [0.29, 0.717) is 25.6 Å². The first-order valence-corrected chi connectivity index (χ1v) is 9.29. The number of piperidine rings is 1. The summed E-state index contributed by atoms with van der Waals surface area (Å²) in [5, 5.41) is 2.76. The molecule has 0 saturated carbocycles. The Morgan fingerprint density at radius 1 is 1.00 bits per heavy atom. The number of likely N-dealkylation sites (tertiary alicyclic amines) is 1. The average molecular weight is 350 g/mol. The van der Waals surface area contributed by atoms with Crippen LogP contribution in [0.3, 0.4) is 0 Å². The molecule has 0 aliphatic carbocycles. The summed E-state index contributed by atoms with van der Waals surface area (Å²) in [6.45, 7) is 3.71. The molecule has 0 atom stereocenters. The van der Waals surface area contributed by atoms with Crippen molar-refractivity contribution >= 4 is 11.8 Å². The van der Waals surface area contributed by atoms with Crippen molar-refractivity contribution < 1.29 is 9.59 Å². The van der Waals surface area contributed by atoms with Gasteiger partial charge in [0.2, 0.25) is 0 Å². The molecule has 0 radical (unpaired) electrons. The molecule has 136 valence electrons. The Morgan fingerprint density at radius 3 is 2.35 bits per heavy atom. The molecular formula is C22H26N2O2. The Kier molecular flexibility index (Phi) is 6.05. The van der Waals surface area contributed by atoms with Gasteiger partial charge in [-0.15, -0.1) is 0 Å². The van der Waals surface area contributed by atoms with Gasteiger partial charge in [-0.3, -0.25) is 9.59 Å². The van der Waals surface area contributed by atoms with Crippen LogP contribution in [0.25, 0.3) is 0 Å². The van der Waals surface area contributed by atoms with Gasteiger partial charge in [0.25, 0.3) is 0 Å². The molecule has 1 saturated heterocycles. The maximum Gasteiger partial charge on any atom is 0.311 e. The molecule has 3 rings (SSSR count). The summed E-state index contributed by atoms with van der Waals surface area (Å²) in [6, 6.07) is 18.3. The zero-order chi connectivity index (χ0) is 18.4. The fraction of sp³-hybridized carbons (Fsp3) is 0.364. The molecule has 0 aromatic heterocycles. The van der Waals surface area contributed by atoms with E-state index in [0.717, 1.165) is 30.4 Å². The molecule has 4 heteroatoms. The van der Waals surface area contributed by atoms with Crippen LogP contribution < -0.4 is 5.32 Å². The van der Waals surface area contributed by atoms with E-state index in [1.807, 2.05) is 37.3 Å². The lowest BCUT2D eigenvalue weighted by Gasteiger charge is -2.31. The number of aryl methyl sites for hydroxylation is 1. The molecule has 1 heterocycles. The van der Waals surface area contributed by atoms with Crippen LogP contribution in [0.4, 0.5) is 0 Å². The number of hydrogen-bond acceptors (Lipinski definition) is 2. The highest BCUT2D eigenvalue weighted by molar-refractivity contribution is 6.34. The molecule has 0 spiro atoms. The Balaban J connectivity index is 1.45. The number of nitrogens with one attached hydrogen (secondary N) is 1. The van der Waals surface area contributed by atoms with Crippen LogP contribution in [-0.4, -0.2) is 29.8 Å². The third-order valence-electron chi connectivity index (χ3n) is 5.16. The minimum Gasteiger partial charge on any atom is -0.344 e. The Morgan fingerprint density at radius 2 is 1.65 bits per heavy atom. The number of amides is 2. The average Bonchev–Trinajstić information content (AvgIpc) is 2.68. The molecule has 1 N–H and O–H groups in total. The molecule has 26 heavy (non-hydrogen) atoms. The van der Waals surface area contributed by atoms with Gasteiger partial charge in [0.05, 0.1) is 0 Å². The summed E-state index contributed by atoms with van der Waals surface area (Å²) in [5.41, 5.74) is 3.49. The summed E-state index contributed by atoms with van der Waals surface area (Å²) in [7, 11) is 0. The van der Waals surface area contributed by atoms with Crippen LogP contribution in [0.5, 0.6) is 0 Å². The van der Waals surface area contributed by atoms with Crippen molar-refractivity contribution in [1.82, 2.24) is 10.2 Å². The number of benzene rings is 2. The molecule has 0 bridgehead atoms. The molecular weight excluding hydrogens is 324 g/mol. The zero-order valence-corrected chi connectivity index (χ0v) is 15.3. The number of carbonyl (C=O) groups excluding carboxylic acids is 2. The molecule has 4 nitrogen and oxygen atoms in total. The van der Waals surface area contributed by atoms with Gasteiger partial charge in [0.15, 0.2) is 0 Å². The highest BCUT2D eigenvalue weighted by Gasteiger charge is 2.26. The van der Waals surface area contributed by atoms with Gasteiger partial charge in [-0.25, -0.2) is 0 Å². The van der Waals surface area contributed by atoms with Crippen LogP contribution in [0, 0.1) is 12.8 Å². The second-order valence-electron chi connectivity index (χ2n) is 7.03. The lowest BCUT2D eigenvalue weighted by atomic mass is 9.90. The highest BCUT2D eigenvalue weighted by Crippen LogP contribution is 2.21. The molecule has 2 amide bonds. The molecule has 1 aliphatic rings. The van der Waals surface area contributed by atoms with Crippen molar-refractivity contribution in [3.05, 3.63) is 71.3 Å². The maximum absolute atomic E-state index is 12.4. The van der Waals surface area contributed by atoms with Gasteiger partial charge >= 0.3 is 11.8 Å². The largest absolute Gasteiger partial charge is 0.344 e. The first kappa shape index (κ1) is 18.2. The van der Waals surface area contributed by atoms with Gasteiger partial charge in [0, 0.05) is 19.6 Å². The third kappa shape index (κ3) is 4.72. The van der Waals surface area contributed by atoms with E-state index in [9.17, 15) is 9.59 Å². The fourth-order valence-corrected chi connectivity index (χ4v) is 3.49. The van der Waals surface area contributed by atoms with E-state index < -0.39 is 11.8 Å². The van der Waals surface area contributed by atoms with E-state index in [2.05, 4.69) is 29.6 Å². The first-order chi connectivity index (χ1) is 12.6. The van der Waals surface area contributed by atoms with Gasteiger partial charge in [-0.05, 0) is 48.8 Å². The smallest absolute Gasteiger partial charge is 0.311 e. The van der Waals surface area contributed by atoms with Gasteiger partial charge in [-0.2, -0.15) is 0 Å². The molecule has 1 fully saturated rings. The Hall–Kier alpha value is -2.62. The minimum atomic E-state index is -0.505. The van der Waals surface area contributed by atoms with Crippen LogP contribution in [0.15, 0.2) is 54.6 Å². The van der Waals surface area contributed by atoms with Crippen molar-refractivity contribution in [2.75, 3.05) is 13.1 Å². The predicted molar refractivity (Wildman–Crippen MR) is 102 cm³/mol. The molecule has 1 aliphatic heterocycles. The van der Waals surface area contributed by atoms with E-state index in [1.165, 1.54) is 5.56 Å². The van der Waals surface area contributed by atoms with Crippen molar-refractivity contribution in [3.8, 4) is 0 Å². The lowest BCUT2D eigenvalue weighted by Crippen LogP contribution is -2.46. The molecule has 0 unspecified atom stereocenters. The van der Waals surface area contributed by atoms with Crippen LogP contribution >= 0.6 is 0 Å². The SMILES string of the molecule is Cc1ccccc1CNC(=O)C(=O)N1CCC(Cc2ccccc2)CC1. The summed E-state index contributed by atoms with van der Waals surface area (Å²) >= 11 is 0. The van der Waals surface area contributed by atoms with Crippen molar-refractivity contribution in [2.24, 2.45) is 5.92 Å². The Bertz CT molecular complexity index is 750. The second kappa shape index (κ2) is 8.65. The van der Waals surface area contributed by atoms with Crippen LogP contribution in [-0.2, 0) is 22.6 Å². The number of hydrogen-bond donors (Lipinski definition) is 1. The van der Waals surface area contributed by atoms with E-state index in [1.54, 1.807) is 4.90 Å². The van der Waals surface area contributed by atoms with Crippen molar-refractivity contribution in [1.29, 1.82) is 0 Å². The number of nitrogens with zero attached hydrogens (tertiary/aromatic N) is 1. The monoisotopic (exact) mass is 350 g/mol. The minimum absolute atomic E-state index is 0.391. The quantitative estimate of drug-likeness (QED) is 0.862. The van der Waals surface area contributed by atoms with E-state index in [4.69, 9.17) is 0 Å². The topological polar surface area (TPSA) is 49.4 Å². The standard InChI is InChI=1S/C22H26N2O2/c1-17-7-5-6-10-20(17)16-23-21(25)22(26)24-13-11-19(12-14-24)15-18-8-3-2-4-9-18/h2-10,19H,11-16H2,1H3,(H,23,25). The zero-order valence-electron chi connectivity index (χ0n) is 15.3. The number of carbonyl (C=O) groups is 2. The van der Waals surface area contributed by atoms with Crippen LogP contribution in [0.1, 0.15) is 29.5 Å². The fourth-order valence-electron chi connectivity index (χ4n) is 3.49. The lowest BCUT2D eigenvalue weighted by molar-refractivity contribution is -0.146. The summed E-state index contributed by atoms with van der Waals surface area (Å²) in [5.74, 6) is -0.331. The van der Waals surface area contributed by atoms with Crippen molar-refractivity contribution in [2.45, 2.75) is 32.7 Å². The Labute approximate surface area is 155 Å². The number of rotatable bonds is 4. The highest BCUT2D eigenvalue weighted by atomic mass is 16.2. The van der Waals surface area contributed by atoms with Crippen molar-refractivity contribution in [3.63, 3.8) is 0 Å². The summed E-state index contributed by atoms with van der Waals surface area (Å²) in [6.07, 6.45) is 2.94. The van der Waals surface area contributed by atoms with Gasteiger partial charge in [-0.1, -0.05) is 54.6 Å². The van der Waals surface area contributed by atoms with Gasteiger partial charge < -0.3 is 10.2 Å². The van der Waals surface area contributed by atoms with Gasteiger partial charge in [0.1, 0.15) is 0 Å². The second-order valence-corrected chi connectivity index (χ2v) is 7.03. The first-order valence-electron chi connectivity index (χ1n) is 9.29. The predicted octanol–water partition coefficient (Wildman–Crippen LogP) is 3.09. The van der Waals surface area contributed by atoms with E-state index in [-0.39, 0.29) is 0 Å². The van der Waals surface area contributed by atoms with E-state index >= 15 is 0 Å². The molecule has 2 aromatic carbocycles. The summed E-state index contributed by atoms with van der Waals surface area (Å²) in [4.78, 5) is 26.3. The summed E-state index contributed by atoms with van der Waals surface area (Å²) < 4.78 is 0.